The van der Waals surface area contributed by atoms with Crippen LogP contribution in [0.4, 0.5) is 23.5 Å². The highest BCUT2D eigenvalue weighted by molar-refractivity contribution is 5.98. The number of morpholine rings is 1. The molecule has 4 rings (SSSR count). The summed E-state index contributed by atoms with van der Waals surface area (Å²) in [7, 11) is 0. The number of nitrogens with zero attached hydrogens (tertiary/aromatic N) is 5. The Morgan fingerprint density at radius 2 is 1.63 bits per heavy atom. The topological polar surface area (TPSA) is 87.6 Å². The zero-order valence-corrected chi connectivity index (χ0v) is 17.2. The fourth-order valence-corrected chi connectivity index (χ4v) is 3.02. The minimum absolute atomic E-state index is 0.386. The lowest BCUT2D eigenvalue weighted by molar-refractivity contribution is 0.122. The third-order valence-electron chi connectivity index (χ3n) is 4.74. The van der Waals surface area contributed by atoms with Crippen molar-refractivity contribution in [3.8, 4) is 0 Å². The first kappa shape index (κ1) is 19.8. The summed E-state index contributed by atoms with van der Waals surface area (Å²) in [6.45, 7) is 6.77. The highest BCUT2D eigenvalue weighted by Gasteiger charge is 2.17. The van der Waals surface area contributed by atoms with Crippen LogP contribution in [-0.2, 0) is 4.74 Å². The zero-order valence-electron chi connectivity index (χ0n) is 17.2. The number of hydrogen-bond donors (Lipinski definition) is 2. The monoisotopic (exact) mass is 403 g/mol. The van der Waals surface area contributed by atoms with Gasteiger partial charge in [0.25, 0.3) is 0 Å². The Kier molecular flexibility index (Phi) is 6.14. The second kappa shape index (κ2) is 9.32. The van der Waals surface area contributed by atoms with Crippen molar-refractivity contribution in [3.63, 3.8) is 0 Å². The number of ether oxygens (including phenoxy) is 1. The van der Waals surface area contributed by atoms with E-state index in [1.165, 1.54) is 5.56 Å². The van der Waals surface area contributed by atoms with Gasteiger partial charge in [0, 0.05) is 18.8 Å². The van der Waals surface area contributed by atoms with Gasteiger partial charge in [0.15, 0.2) is 0 Å². The molecule has 8 heteroatoms. The molecule has 0 atom stereocenters. The van der Waals surface area contributed by atoms with Crippen LogP contribution >= 0.6 is 0 Å². The normalized spacial score (nSPS) is 14.5. The van der Waals surface area contributed by atoms with E-state index >= 15 is 0 Å². The van der Waals surface area contributed by atoms with Crippen molar-refractivity contribution in [2.75, 3.05) is 41.9 Å². The predicted molar refractivity (Wildman–Crippen MR) is 120 cm³/mol. The van der Waals surface area contributed by atoms with Gasteiger partial charge in [-0.2, -0.15) is 20.1 Å². The van der Waals surface area contributed by atoms with Gasteiger partial charge in [0.05, 0.1) is 18.9 Å². The fourth-order valence-electron chi connectivity index (χ4n) is 3.02. The minimum Gasteiger partial charge on any atom is -0.378 e. The first-order valence-corrected chi connectivity index (χ1v) is 9.95. The number of benzene rings is 2. The molecule has 2 heterocycles. The van der Waals surface area contributed by atoms with Gasteiger partial charge in [-0.1, -0.05) is 48.0 Å². The average Bonchev–Trinajstić information content (AvgIpc) is 2.80. The number of hydrazone groups is 1. The average molecular weight is 403 g/mol. The fraction of sp³-hybridized carbons (Fsp3) is 0.273. The largest absolute Gasteiger partial charge is 0.378 e. The zero-order chi connectivity index (χ0) is 20.8. The van der Waals surface area contributed by atoms with Crippen LogP contribution in [-0.4, -0.2) is 47.0 Å². The molecule has 154 valence electrons. The Balaban J connectivity index is 1.60. The van der Waals surface area contributed by atoms with Crippen molar-refractivity contribution in [1.29, 1.82) is 0 Å². The molecule has 1 aromatic heterocycles. The molecule has 1 fully saturated rings. The molecule has 1 aliphatic heterocycles. The molecule has 0 radical (unpaired) electrons. The van der Waals surface area contributed by atoms with Gasteiger partial charge in [0.2, 0.25) is 17.8 Å². The molecule has 0 aliphatic carbocycles. The van der Waals surface area contributed by atoms with Crippen molar-refractivity contribution in [1.82, 2.24) is 15.0 Å². The van der Waals surface area contributed by atoms with E-state index in [1.54, 1.807) is 0 Å². The van der Waals surface area contributed by atoms with E-state index in [0.29, 0.717) is 31.1 Å². The highest BCUT2D eigenvalue weighted by Crippen LogP contribution is 2.19. The Labute approximate surface area is 176 Å². The first-order chi connectivity index (χ1) is 14.7. The Bertz CT molecular complexity index is 1000. The molecule has 1 aliphatic rings. The van der Waals surface area contributed by atoms with Gasteiger partial charge < -0.3 is 15.0 Å². The van der Waals surface area contributed by atoms with E-state index in [9.17, 15) is 0 Å². The lowest BCUT2D eigenvalue weighted by atomic mass is 10.1. The Morgan fingerprint density at radius 3 is 2.37 bits per heavy atom. The van der Waals surface area contributed by atoms with Crippen molar-refractivity contribution in [2.24, 2.45) is 5.10 Å². The Morgan fingerprint density at radius 1 is 0.933 bits per heavy atom. The third kappa shape index (κ3) is 5.09. The van der Waals surface area contributed by atoms with Crippen LogP contribution in [0.25, 0.3) is 0 Å². The lowest BCUT2D eigenvalue weighted by Gasteiger charge is -2.27. The standard InChI is InChI=1S/C22H25N7O/c1-16-8-10-19(11-9-16)23-20-24-21(26-22(25-20)29-12-14-30-15-13-29)28-27-17(2)18-6-4-3-5-7-18/h3-11H,12-15H2,1-2H3,(H2,23,24,25,26,28)/b27-17+. The summed E-state index contributed by atoms with van der Waals surface area (Å²) < 4.78 is 5.45. The van der Waals surface area contributed by atoms with Crippen LogP contribution in [0.3, 0.4) is 0 Å². The predicted octanol–water partition coefficient (Wildman–Crippen LogP) is 3.60. The van der Waals surface area contributed by atoms with E-state index in [1.807, 2.05) is 61.5 Å². The minimum atomic E-state index is 0.386. The molecule has 0 unspecified atom stereocenters. The van der Waals surface area contributed by atoms with Gasteiger partial charge in [0.1, 0.15) is 0 Å². The molecular formula is C22H25N7O. The summed E-state index contributed by atoms with van der Waals surface area (Å²) in [4.78, 5) is 15.8. The van der Waals surface area contributed by atoms with Crippen molar-refractivity contribution >= 4 is 29.2 Å². The summed E-state index contributed by atoms with van der Waals surface area (Å²) in [5, 5.41) is 7.72. The van der Waals surface area contributed by atoms with Gasteiger partial charge in [-0.15, -0.1) is 0 Å². The molecule has 0 bridgehead atoms. The van der Waals surface area contributed by atoms with E-state index < -0.39 is 0 Å². The summed E-state index contributed by atoms with van der Waals surface area (Å²) in [6, 6.07) is 18.0. The van der Waals surface area contributed by atoms with Gasteiger partial charge in [-0.25, -0.2) is 5.43 Å². The molecule has 2 aromatic carbocycles. The molecule has 3 aromatic rings. The van der Waals surface area contributed by atoms with Crippen LogP contribution in [0, 0.1) is 6.92 Å². The number of anilines is 4. The maximum atomic E-state index is 5.45. The number of aromatic nitrogens is 3. The number of aryl methyl sites for hydroxylation is 1. The number of rotatable bonds is 6. The molecule has 1 saturated heterocycles. The number of nitrogens with one attached hydrogen (secondary N) is 2. The summed E-state index contributed by atoms with van der Waals surface area (Å²) in [6.07, 6.45) is 0. The van der Waals surface area contributed by atoms with Gasteiger partial charge >= 0.3 is 0 Å². The quantitative estimate of drug-likeness (QED) is 0.480. The van der Waals surface area contributed by atoms with E-state index in [2.05, 4.69) is 42.6 Å². The van der Waals surface area contributed by atoms with Crippen LogP contribution < -0.4 is 15.6 Å². The van der Waals surface area contributed by atoms with Crippen LogP contribution in [0.2, 0.25) is 0 Å². The molecule has 0 amide bonds. The maximum absolute atomic E-state index is 5.45. The molecule has 0 spiro atoms. The summed E-state index contributed by atoms with van der Waals surface area (Å²) in [5.41, 5.74) is 6.97. The van der Waals surface area contributed by atoms with Gasteiger partial charge in [-0.3, -0.25) is 0 Å². The second-order valence-electron chi connectivity index (χ2n) is 7.05. The van der Waals surface area contributed by atoms with E-state index in [0.717, 1.165) is 30.1 Å². The molecule has 30 heavy (non-hydrogen) atoms. The molecule has 0 saturated carbocycles. The first-order valence-electron chi connectivity index (χ1n) is 9.95. The lowest BCUT2D eigenvalue weighted by Crippen LogP contribution is -2.37. The van der Waals surface area contributed by atoms with Crippen molar-refractivity contribution in [3.05, 3.63) is 65.7 Å². The van der Waals surface area contributed by atoms with Gasteiger partial charge in [-0.05, 0) is 31.5 Å². The number of hydrogen-bond acceptors (Lipinski definition) is 8. The highest BCUT2D eigenvalue weighted by atomic mass is 16.5. The maximum Gasteiger partial charge on any atom is 0.250 e. The Hall–Kier alpha value is -3.52. The van der Waals surface area contributed by atoms with Crippen LogP contribution in [0.1, 0.15) is 18.1 Å². The van der Waals surface area contributed by atoms with E-state index in [4.69, 9.17) is 4.74 Å². The van der Waals surface area contributed by atoms with Crippen LogP contribution in [0.15, 0.2) is 59.7 Å². The van der Waals surface area contributed by atoms with Crippen molar-refractivity contribution < 1.29 is 4.74 Å². The van der Waals surface area contributed by atoms with Crippen molar-refractivity contribution in [2.45, 2.75) is 13.8 Å². The van der Waals surface area contributed by atoms with E-state index in [-0.39, 0.29) is 0 Å². The molecule has 2 N–H and O–H groups in total. The summed E-state index contributed by atoms with van der Waals surface area (Å²) >= 11 is 0. The van der Waals surface area contributed by atoms with Crippen LogP contribution in [0.5, 0.6) is 0 Å². The SMILES string of the molecule is C/C(=N\Nc1nc(Nc2ccc(C)cc2)nc(N2CCOCC2)n1)c1ccccc1. The summed E-state index contributed by atoms with van der Waals surface area (Å²) in [5.74, 6) is 1.44. The third-order valence-corrected chi connectivity index (χ3v) is 4.74. The second-order valence-corrected chi connectivity index (χ2v) is 7.05. The smallest absolute Gasteiger partial charge is 0.250 e. The molecule has 8 nitrogen and oxygen atoms in total. The molecular weight excluding hydrogens is 378 g/mol.